The van der Waals surface area contributed by atoms with Gasteiger partial charge in [0.25, 0.3) is 0 Å². The Morgan fingerprint density at radius 1 is 1.08 bits per heavy atom. The van der Waals surface area contributed by atoms with E-state index in [9.17, 15) is 0 Å². The van der Waals surface area contributed by atoms with Gasteiger partial charge in [0.05, 0.1) is 0 Å². The van der Waals surface area contributed by atoms with Gasteiger partial charge in [0, 0.05) is 12.0 Å². The van der Waals surface area contributed by atoms with Gasteiger partial charge < -0.3 is 0 Å². The first kappa shape index (κ1) is 10.7. The van der Waals surface area contributed by atoms with Crippen molar-refractivity contribution in [3.63, 3.8) is 0 Å². The molecule has 0 aromatic carbocycles. The highest BCUT2D eigenvalue weighted by molar-refractivity contribution is 6.34. The Bertz CT molecular complexity index is 277. The second-order valence-corrected chi connectivity index (χ2v) is 3.52. The van der Waals surface area contributed by atoms with Crippen LogP contribution >= 0.6 is 23.2 Å². The maximum atomic E-state index is 5.93. The molecule has 13 heavy (non-hydrogen) atoms. The molecule has 0 spiro atoms. The highest BCUT2D eigenvalue weighted by Gasteiger charge is 2.08. The van der Waals surface area contributed by atoms with Crippen LogP contribution in [0.2, 0.25) is 10.3 Å². The van der Waals surface area contributed by atoms with Crippen molar-refractivity contribution in [3.05, 3.63) is 21.7 Å². The Morgan fingerprint density at radius 2 is 1.62 bits per heavy atom. The summed E-state index contributed by atoms with van der Waals surface area (Å²) >= 11 is 11.9. The summed E-state index contributed by atoms with van der Waals surface area (Å²) in [6.45, 7) is 4.05. The van der Waals surface area contributed by atoms with Crippen molar-refractivity contribution in [1.29, 1.82) is 0 Å². The predicted octanol–water partition coefficient (Wildman–Crippen LogP) is 3.30. The highest BCUT2D eigenvalue weighted by Crippen LogP contribution is 2.21. The lowest BCUT2D eigenvalue weighted by atomic mass is 10.2. The van der Waals surface area contributed by atoms with Gasteiger partial charge in [-0.25, -0.2) is 9.97 Å². The second-order valence-electron chi connectivity index (χ2n) is 2.80. The molecule has 1 aromatic rings. The van der Waals surface area contributed by atoms with Crippen molar-refractivity contribution in [2.75, 3.05) is 0 Å². The van der Waals surface area contributed by atoms with Crippen LogP contribution in [0.15, 0.2) is 0 Å². The van der Waals surface area contributed by atoms with E-state index in [0.29, 0.717) is 10.3 Å². The Kier molecular flexibility index (Phi) is 3.94. The Balaban J connectivity index is 3.05. The topological polar surface area (TPSA) is 25.8 Å². The van der Waals surface area contributed by atoms with Crippen molar-refractivity contribution in [2.45, 2.75) is 33.1 Å². The van der Waals surface area contributed by atoms with Crippen molar-refractivity contribution in [1.82, 2.24) is 9.97 Å². The van der Waals surface area contributed by atoms with Crippen LogP contribution < -0.4 is 0 Å². The first-order valence-electron chi connectivity index (χ1n) is 4.39. The minimum Gasteiger partial charge on any atom is -0.221 e. The Hall–Kier alpha value is -0.340. The lowest BCUT2D eigenvalue weighted by molar-refractivity contribution is 0.826. The molecule has 4 heteroatoms. The van der Waals surface area contributed by atoms with E-state index in [1.54, 1.807) is 0 Å². The van der Waals surface area contributed by atoms with Gasteiger partial charge in [-0.15, -0.1) is 0 Å². The summed E-state index contributed by atoms with van der Waals surface area (Å²) in [4.78, 5) is 8.33. The number of aromatic nitrogens is 2. The largest absolute Gasteiger partial charge is 0.221 e. The summed E-state index contributed by atoms with van der Waals surface area (Å²) in [6.07, 6.45) is 2.59. The number of hydrogen-bond acceptors (Lipinski definition) is 2. The SMILES string of the molecule is CCCc1nc(Cl)c(CC)c(Cl)n1. The van der Waals surface area contributed by atoms with E-state index in [1.165, 1.54) is 0 Å². The zero-order valence-electron chi connectivity index (χ0n) is 7.77. The summed E-state index contributed by atoms with van der Waals surface area (Å²) < 4.78 is 0. The van der Waals surface area contributed by atoms with Crippen molar-refractivity contribution in [3.8, 4) is 0 Å². The van der Waals surface area contributed by atoms with E-state index in [-0.39, 0.29) is 0 Å². The van der Waals surface area contributed by atoms with Gasteiger partial charge in [0.1, 0.15) is 16.1 Å². The monoisotopic (exact) mass is 218 g/mol. The number of nitrogens with zero attached hydrogens (tertiary/aromatic N) is 2. The molecule has 2 nitrogen and oxygen atoms in total. The van der Waals surface area contributed by atoms with E-state index in [1.807, 2.05) is 6.92 Å². The van der Waals surface area contributed by atoms with E-state index in [2.05, 4.69) is 16.9 Å². The third-order valence-electron chi connectivity index (χ3n) is 1.78. The van der Waals surface area contributed by atoms with Crippen LogP contribution in [0.1, 0.15) is 31.7 Å². The fraction of sp³-hybridized carbons (Fsp3) is 0.556. The summed E-state index contributed by atoms with van der Waals surface area (Å²) in [5.74, 6) is 0.731. The van der Waals surface area contributed by atoms with Gasteiger partial charge in [-0.2, -0.15) is 0 Å². The predicted molar refractivity (Wildman–Crippen MR) is 55.4 cm³/mol. The fourth-order valence-electron chi connectivity index (χ4n) is 1.10. The molecular formula is C9H12Cl2N2. The highest BCUT2D eigenvalue weighted by atomic mass is 35.5. The molecule has 0 N–H and O–H groups in total. The molecule has 0 radical (unpaired) electrons. The fourth-order valence-corrected chi connectivity index (χ4v) is 1.79. The van der Waals surface area contributed by atoms with Crippen LogP contribution in [0.25, 0.3) is 0 Å². The van der Waals surface area contributed by atoms with Crippen molar-refractivity contribution >= 4 is 23.2 Å². The molecule has 0 aliphatic rings. The molecule has 1 heterocycles. The molecule has 1 aromatic heterocycles. The van der Waals surface area contributed by atoms with E-state index < -0.39 is 0 Å². The van der Waals surface area contributed by atoms with Crippen molar-refractivity contribution < 1.29 is 0 Å². The molecule has 0 unspecified atom stereocenters. The Morgan fingerprint density at radius 3 is 2.00 bits per heavy atom. The lowest BCUT2D eigenvalue weighted by Gasteiger charge is -2.04. The smallest absolute Gasteiger partial charge is 0.137 e. The molecule has 0 fully saturated rings. The van der Waals surface area contributed by atoms with E-state index in [4.69, 9.17) is 23.2 Å². The van der Waals surface area contributed by atoms with Gasteiger partial charge >= 0.3 is 0 Å². The molecule has 0 bridgehead atoms. The normalized spacial score (nSPS) is 10.5. The summed E-state index contributed by atoms with van der Waals surface area (Å²) in [7, 11) is 0. The first-order valence-corrected chi connectivity index (χ1v) is 5.15. The average molecular weight is 219 g/mol. The summed E-state index contributed by atoms with van der Waals surface area (Å²) in [6, 6.07) is 0. The van der Waals surface area contributed by atoms with Gasteiger partial charge in [-0.3, -0.25) is 0 Å². The quantitative estimate of drug-likeness (QED) is 0.729. The van der Waals surface area contributed by atoms with E-state index in [0.717, 1.165) is 30.7 Å². The molecule has 1 rings (SSSR count). The summed E-state index contributed by atoms with van der Waals surface area (Å²) in [5, 5.41) is 0.983. The number of hydrogen-bond donors (Lipinski definition) is 0. The first-order chi connectivity index (χ1) is 6.19. The Labute approximate surface area is 88.3 Å². The van der Waals surface area contributed by atoms with Gasteiger partial charge in [0.15, 0.2) is 0 Å². The molecule has 0 atom stereocenters. The zero-order chi connectivity index (χ0) is 9.84. The van der Waals surface area contributed by atoms with Gasteiger partial charge in [-0.1, -0.05) is 37.0 Å². The van der Waals surface area contributed by atoms with Crippen LogP contribution in [0.4, 0.5) is 0 Å². The number of aryl methyl sites for hydroxylation is 1. The molecule has 0 saturated carbocycles. The third-order valence-corrected chi connectivity index (χ3v) is 2.40. The van der Waals surface area contributed by atoms with Crippen LogP contribution in [0, 0.1) is 0 Å². The standard InChI is InChI=1S/C9H12Cl2N2/c1-3-5-7-12-8(10)6(4-2)9(11)13-7/h3-5H2,1-2H3. The van der Waals surface area contributed by atoms with Crippen LogP contribution in [-0.4, -0.2) is 9.97 Å². The van der Waals surface area contributed by atoms with Crippen LogP contribution in [-0.2, 0) is 12.8 Å². The van der Waals surface area contributed by atoms with E-state index >= 15 is 0 Å². The molecule has 0 amide bonds. The van der Waals surface area contributed by atoms with Crippen molar-refractivity contribution in [2.24, 2.45) is 0 Å². The average Bonchev–Trinajstić information content (AvgIpc) is 2.04. The minimum absolute atomic E-state index is 0.492. The second kappa shape index (κ2) is 4.77. The van der Waals surface area contributed by atoms with Crippen LogP contribution in [0.5, 0.6) is 0 Å². The van der Waals surface area contributed by atoms with Gasteiger partial charge in [-0.05, 0) is 12.8 Å². The van der Waals surface area contributed by atoms with Gasteiger partial charge in [0.2, 0.25) is 0 Å². The molecule has 0 aliphatic carbocycles. The number of halogens is 2. The minimum atomic E-state index is 0.492. The molecule has 0 saturated heterocycles. The summed E-state index contributed by atoms with van der Waals surface area (Å²) in [5.41, 5.74) is 0.836. The molecule has 0 aliphatic heterocycles. The maximum absolute atomic E-state index is 5.93. The maximum Gasteiger partial charge on any atom is 0.137 e. The molecular weight excluding hydrogens is 207 g/mol. The van der Waals surface area contributed by atoms with Crippen LogP contribution in [0.3, 0.4) is 0 Å². The third kappa shape index (κ3) is 2.55. The lowest BCUT2D eigenvalue weighted by Crippen LogP contribution is -1.99. The number of rotatable bonds is 3. The zero-order valence-corrected chi connectivity index (χ0v) is 9.28. The molecule has 72 valence electrons.